The topological polar surface area (TPSA) is 151 Å². The first-order valence-electron chi connectivity index (χ1n) is 14.7. The molecule has 1 fully saturated rings. The van der Waals surface area contributed by atoms with Gasteiger partial charge in [0.1, 0.15) is 17.2 Å². The fourth-order valence-electron chi connectivity index (χ4n) is 6.70. The molecule has 3 aromatic carbocycles. The first-order chi connectivity index (χ1) is 22.9. The van der Waals surface area contributed by atoms with Gasteiger partial charge in [-0.05, 0) is 53.1 Å². The van der Waals surface area contributed by atoms with Crippen LogP contribution in [0.2, 0.25) is 0 Å². The maximum Gasteiger partial charge on any atom is 0.310 e. The van der Waals surface area contributed by atoms with E-state index in [9.17, 15) is 9.59 Å². The predicted molar refractivity (Wildman–Crippen MR) is 163 cm³/mol. The van der Waals surface area contributed by atoms with Crippen molar-refractivity contribution in [1.29, 1.82) is 0 Å². The Labute approximate surface area is 269 Å². The standard InChI is InChI=1S/C33H32N4O10/c1-40-17-6-7-22(23(10-17)41-2)37-13-21(35-36-37)32(38)34-30-19-12-25-24(46-15-47-25)11-18(19)28(29-20(30)14-45-33(29)39)16-8-26(42-3)31(44-5)27(9-16)43-4/h6-13,20,28-30H,14-15H2,1-5H3,(H,34,38)/t20-,28+,29-,30+/m0/s1. The number of nitrogens with zero attached hydrogens (tertiary/aromatic N) is 3. The van der Waals surface area contributed by atoms with Gasteiger partial charge in [-0.1, -0.05) is 5.21 Å². The Bertz CT molecular complexity index is 1850. The number of hydrogen-bond acceptors (Lipinski definition) is 12. The molecule has 0 unspecified atom stereocenters. The van der Waals surface area contributed by atoms with Crippen LogP contribution in [0.15, 0.2) is 48.7 Å². The van der Waals surface area contributed by atoms with E-state index in [1.54, 1.807) is 25.3 Å². The minimum Gasteiger partial charge on any atom is -0.497 e. The zero-order valence-electron chi connectivity index (χ0n) is 26.3. The molecule has 14 heteroatoms. The third kappa shape index (κ3) is 4.96. The monoisotopic (exact) mass is 644 g/mol. The zero-order chi connectivity index (χ0) is 32.8. The fraction of sp³-hybridized carbons (Fsp3) is 0.333. The predicted octanol–water partition coefficient (Wildman–Crippen LogP) is 3.44. The average Bonchev–Trinajstić information content (AvgIpc) is 3.87. The van der Waals surface area contributed by atoms with E-state index < -0.39 is 29.7 Å². The van der Waals surface area contributed by atoms with Crippen molar-refractivity contribution in [1.82, 2.24) is 20.3 Å². The second-order valence-electron chi connectivity index (χ2n) is 11.1. The molecule has 0 bridgehead atoms. The molecule has 244 valence electrons. The molecule has 1 amide bonds. The average molecular weight is 645 g/mol. The van der Waals surface area contributed by atoms with Gasteiger partial charge in [-0.15, -0.1) is 5.10 Å². The summed E-state index contributed by atoms with van der Waals surface area (Å²) < 4.78 is 46.2. The molecular formula is C33H32N4O10. The largest absolute Gasteiger partial charge is 0.497 e. The number of benzene rings is 3. The molecule has 3 heterocycles. The van der Waals surface area contributed by atoms with Crippen molar-refractivity contribution in [3.8, 4) is 45.9 Å². The lowest BCUT2D eigenvalue weighted by Gasteiger charge is -2.39. The number of fused-ring (bicyclic) bond motifs is 3. The van der Waals surface area contributed by atoms with Crippen molar-refractivity contribution >= 4 is 11.9 Å². The zero-order valence-corrected chi connectivity index (χ0v) is 26.3. The Balaban J connectivity index is 1.29. The van der Waals surface area contributed by atoms with Gasteiger partial charge < -0.3 is 43.2 Å². The number of esters is 1. The highest BCUT2D eigenvalue weighted by atomic mass is 16.7. The number of hydrogen-bond donors (Lipinski definition) is 1. The van der Waals surface area contributed by atoms with E-state index in [1.807, 2.05) is 24.3 Å². The molecule has 47 heavy (non-hydrogen) atoms. The summed E-state index contributed by atoms with van der Waals surface area (Å²) in [5.41, 5.74) is 2.90. The Morgan fingerprint density at radius 2 is 1.55 bits per heavy atom. The number of nitrogens with one attached hydrogen (secondary N) is 1. The van der Waals surface area contributed by atoms with Crippen LogP contribution in [0.5, 0.6) is 40.2 Å². The van der Waals surface area contributed by atoms with Crippen LogP contribution < -0.4 is 38.5 Å². The first-order valence-corrected chi connectivity index (χ1v) is 14.7. The van der Waals surface area contributed by atoms with Crippen LogP contribution in [0, 0.1) is 11.8 Å². The Morgan fingerprint density at radius 3 is 2.21 bits per heavy atom. The van der Waals surface area contributed by atoms with Crippen LogP contribution in [0.1, 0.15) is 39.1 Å². The van der Waals surface area contributed by atoms with E-state index in [0.29, 0.717) is 45.9 Å². The number of cyclic esters (lactones) is 1. The van der Waals surface area contributed by atoms with Crippen LogP contribution in [-0.4, -0.2) is 75.8 Å². The summed E-state index contributed by atoms with van der Waals surface area (Å²) in [5, 5.41) is 11.4. The lowest BCUT2D eigenvalue weighted by molar-refractivity contribution is -0.141. The van der Waals surface area contributed by atoms with E-state index in [1.165, 1.54) is 39.3 Å². The van der Waals surface area contributed by atoms with E-state index in [2.05, 4.69) is 15.6 Å². The quantitative estimate of drug-likeness (QED) is 0.266. The highest BCUT2D eigenvalue weighted by Gasteiger charge is 2.53. The summed E-state index contributed by atoms with van der Waals surface area (Å²) in [7, 11) is 7.69. The Hall–Kier alpha value is -5.66. The highest BCUT2D eigenvalue weighted by molar-refractivity contribution is 5.92. The van der Waals surface area contributed by atoms with E-state index >= 15 is 0 Å². The molecule has 7 rings (SSSR count). The number of ether oxygens (including phenoxy) is 8. The van der Waals surface area contributed by atoms with Crippen LogP contribution in [-0.2, 0) is 9.53 Å². The number of methoxy groups -OCH3 is 5. The van der Waals surface area contributed by atoms with Crippen molar-refractivity contribution in [2.24, 2.45) is 11.8 Å². The van der Waals surface area contributed by atoms with E-state index in [0.717, 1.165) is 16.7 Å². The summed E-state index contributed by atoms with van der Waals surface area (Å²) >= 11 is 0. The van der Waals surface area contributed by atoms with Crippen LogP contribution in [0.4, 0.5) is 0 Å². The molecule has 4 atom stereocenters. The van der Waals surface area contributed by atoms with Gasteiger partial charge in [0, 0.05) is 17.9 Å². The second-order valence-corrected chi connectivity index (χ2v) is 11.1. The van der Waals surface area contributed by atoms with Gasteiger partial charge in [-0.3, -0.25) is 9.59 Å². The van der Waals surface area contributed by atoms with Crippen LogP contribution in [0.3, 0.4) is 0 Å². The molecule has 4 aromatic rings. The van der Waals surface area contributed by atoms with Gasteiger partial charge >= 0.3 is 5.97 Å². The molecule has 3 aliphatic rings. The molecule has 1 saturated heterocycles. The lowest BCUT2D eigenvalue weighted by Crippen LogP contribution is -2.43. The molecular weight excluding hydrogens is 612 g/mol. The fourth-order valence-corrected chi connectivity index (χ4v) is 6.70. The molecule has 0 saturated carbocycles. The minimum atomic E-state index is -0.657. The molecule has 14 nitrogen and oxygen atoms in total. The summed E-state index contributed by atoms with van der Waals surface area (Å²) in [5.74, 6) is 1.03. The van der Waals surface area contributed by atoms with Crippen molar-refractivity contribution in [3.05, 3.63) is 71.0 Å². The minimum absolute atomic E-state index is 0.0525. The number of rotatable bonds is 9. The first kappa shape index (κ1) is 30.0. The summed E-state index contributed by atoms with van der Waals surface area (Å²) in [6, 6.07) is 11.9. The van der Waals surface area contributed by atoms with Gasteiger partial charge in [-0.2, -0.15) is 0 Å². The van der Waals surface area contributed by atoms with Crippen molar-refractivity contribution < 1.29 is 47.5 Å². The number of aromatic nitrogens is 3. The van der Waals surface area contributed by atoms with Gasteiger partial charge in [-0.25, -0.2) is 4.68 Å². The number of carbonyl (C=O) groups excluding carboxylic acids is 2. The van der Waals surface area contributed by atoms with Crippen LogP contribution in [0.25, 0.3) is 5.69 Å². The number of amides is 1. The lowest BCUT2D eigenvalue weighted by atomic mass is 9.65. The SMILES string of the molecule is COc1ccc(-n2cc(C(=O)N[C@@H]3c4cc5c(cc4[C@@H](c4cc(OC)c(OC)c(OC)c4)[C@H]4C(=O)OC[C@@H]43)OCO5)nn2)c(OC)c1. The summed E-state index contributed by atoms with van der Waals surface area (Å²) in [6.45, 7) is 0.149. The van der Waals surface area contributed by atoms with Crippen LogP contribution >= 0.6 is 0 Å². The van der Waals surface area contributed by atoms with Gasteiger partial charge in [0.15, 0.2) is 28.7 Å². The summed E-state index contributed by atoms with van der Waals surface area (Å²) in [4.78, 5) is 27.3. The highest BCUT2D eigenvalue weighted by Crippen LogP contribution is 2.55. The molecule has 1 aliphatic carbocycles. The molecule has 1 aromatic heterocycles. The maximum absolute atomic E-state index is 13.8. The van der Waals surface area contributed by atoms with Crippen molar-refractivity contribution in [3.63, 3.8) is 0 Å². The maximum atomic E-state index is 13.8. The molecule has 2 aliphatic heterocycles. The van der Waals surface area contributed by atoms with Gasteiger partial charge in [0.25, 0.3) is 5.91 Å². The van der Waals surface area contributed by atoms with Crippen molar-refractivity contribution in [2.45, 2.75) is 12.0 Å². The molecule has 1 N–H and O–H groups in total. The molecule has 0 radical (unpaired) electrons. The second kappa shape index (κ2) is 11.9. The van der Waals surface area contributed by atoms with Crippen molar-refractivity contribution in [2.75, 3.05) is 48.9 Å². The normalized spacial score (nSPS) is 20.5. The van der Waals surface area contributed by atoms with E-state index in [-0.39, 0.29) is 25.1 Å². The Kier molecular flexibility index (Phi) is 7.62. The third-order valence-corrected chi connectivity index (χ3v) is 8.88. The smallest absolute Gasteiger partial charge is 0.310 e. The molecule has 0 spiro atoms. The summed E-state index contributed by atoms with van der Waals surface area (Å²) in [6.07, 6.45) is 1.51. The third-order valence-electron chi connectivity index (χ3n) is 8.88. The number of carbonyl (C=O) groups is 2. The van der Waals surface area contributed by atoms with Gasteiger partial charge in [0.2, 0.25) is 12.5 Å². The van der Waals surface area contributed by atoms with Gasteiger partial charge in [0.05, 0.1) is 60.3 Å². The Morgan fingerprint density at radius 1 is 0.851 bits per heavy atom. The van der Waals surface area contributed by atoms with E-state index in [4.69, 9.17) is 37.9 Å².